The molecule has 116 valence electrons. The molecule has 3 aromatic rings. The zero-order valence-electron chi connectivity index (χ0n) is 12.5. The van der Waals surface area contributed by atoms with E-state index in [0.717, 1.165) is 10.9 Å². The molecule has 0 aliphatic rings. The van der Waals surface area contributed by atoms with Crippen molar-refractivity contribution in [1.29, 1.82) is 0 Å². The van der Waals surface area contributed by atoms with E-state index in [4.69, 9.17) is 15.2 Å². The lowest BCUT2D eigenvalue weighted by molar-refractivity contribution is -0.123. The number of para-hydroxylation sites is 1. The van der Waals surface area contributed by atoms with Gasteiger partial charge in [-0.3, -0.25) is 4.79 Å². The van der Waals surface area contributed by atoms with Gasteiger partial charge in [0.05, 0.1) is 10.9 Å². The minimum atomic E-state index is -0.687. The van der Waals surface area contributed by atoms with Crippen LogP contribution in [-0.4, -0.2) is 22.0 Å². The van der Waals surface area contributed by atoms with Gasteiger partial charge in [0, 0.05) is 0 Å². The molecule has 3 rings (SSSR count). The van der Waals surface area contributed by atoms with Gasteiger partial charge in [-0.15, -0.1) is 0 Å². The molecule has 0 radical (unpaired) electrons. The van der Waals surface area contributed by atoms with Crippen LogP contribution in [-0.2, 0) is 4.79 Å². The van der Waals surface area contributed by atoms with Crippen LogP contribution in [0.3, 0.4) is 0 Å². The van der Waals surface area contributed by atoms with E-state index in [1.54, 1.807) is 31.2 Å². The second kappa shape index (κ2) is 6.31. The number of nitrogens with zero attached hydrogens (tertiary/aromatic N) is 2. The van der Waals surface area contributed by atoms with Crippen LogP contribution < -0.4 is 15.2 Å². The van der Waals surface area contributed by atoms with Crippen molar-refractivity contribution in [2.45, 2.75) is 13.0 Å². The fraction of sp³-hybridized carbons (Fsp3) is 0.118. The lowest BCUT2D eigenvalue weighted by Crippen LogP contribution is -2.30. The van der Waals surface area contributed by atoms with E-state index in [1.807, 2.05) is 24.3 Å². The van der Waals surface area contributed by atoms with Crippen molar-refractivity contribution in [1.82, 2.24) is 9.97 Å². The van der Waals surface area contributed by atoms with Gasteiger partial charge in [0.25, 0.3) is 5.91 Å². The molecule has 1 atom stereocenters. The van der Waals surface area contributed by atoms with Crippen molar-refractivity contribution in [3.05, 3.63) is 54.9 Å². The monoisotopic (exact) mass is 309 g/mol. The third-order valence-corrected chi connectivity index (χ3v) is 3.26. The highest BCUT2D eigenvalue weighted by Gasteiger charge is 2.10. The van der Waals surface area contributed by atoms with Crippen molar-refractivity contribution in [3.8, 4) is 17.4 Å². The highest BCUT2D eigenvalue weighted by Crippen LogP contribution is 2.27. The summed E-state index contributed by atoms with van der Waals surface area (Å²) in [5.74, 6) is 1.11. The van der Waals surface area contributed by atoms with Gasteiger partial charge in [0.2, 0.25) is 5.88 Å². The van der Waals surface area contributed by atoms with Crippen LogP contribution in [0.25, 0.3) is 10.9 Å². The summed E-state index contributed by atoms with van der Waals surface area (Å²) in [4.78, 5) is 19.4. The molecule has 0 saturated carbocycles. The molecular formula is C17H15N3O3. The Labute approximate surface area is 132 Å². The summed E-state index contributed by atoms with van der Waals surface area (Å²) < 4.78 is 11.2. The van der Waals surface area contributed by atoms with Crippen molar-refractivity contribution in [3.63, 3.8) is 0 Å². The van der Waals surface area contributed by atoms with Crippen LogP contribution in [0.5, 0.6) is 17.4 Å². The van der Waals surface area contributed by atoms with Gasteiger partial charge >= 0.3 is 0 Å². The van der Waals surface area contributed by atoms with Crippen LogP contribution in [0, 0.1) is 0 Å². The number of ether oxygens (including phenoxy) is 2. The lowest BCUT2D eigenvalue weighted by atomic mass is 10.2. The number of aromatic nitrogens is 2. The summed E-state index contributed by atoms with van der Waals surface area (Å²) in [6.07, 6.45) is 0.775. The van der Waals surface area contributed by atoms with E-state index in [0.29, 0.717) is 17.4 Å². The van der Waals surface area contributed by atoms with Gasteiger partial charge in [-0.1, -0.05) is 12.1 Å². The molecule has 1 amide bonds. The average Bonchev–Trinajstić information content (AvgIpc) is 2.57. The molecule has 23 heavy (non-hydrogen) atoms. The second-order valence-electron chi connectivity index (χ2n) is 4.93. The maximum absolute atomic E-state index is 11.0. The van der Waals surface area contributed by atoms with Crippen LogP contribution in [0.2, 0.25) is 0 Å². The molecule has 1 unspecified atom stereocenters. The quantitative estimate of drug-likeness (QED) is 0.783. The van der Waals surface area contributed by atoms with Gasteiger partial charge in [-0.05, 0) is 43.3 Å². The predicted molar refractivity (Wildman–Crippen MR) is 85.3 cm³/mol. The van der Waals surface area contributed by atoms with Gasteiger partial charge in [0.1, 0.15) is 17.8 Å². The van der Waals surface area contributed by atoms with Gasteiger partial charge in [0.15, 0.2) is 6.10 Å². The van der Waals surface area contributed by atoms with E-state index in [-0.39, 0.29) is 0 Å². The Balaban J connectivity index is 1.79. The first kappa shape index (κ1) is 14.8. The van der Waals surface area contributed by atoms with Gasteiger partial charge < -0.3 is 15.2 Å². The highest BCUT2D eigenvalue weighted by molar-refractivity contribution is 5.83. The van der Waals surface area contributed by atoms with Gasteiger partial charge in [-0.25, -0.2) is 9.97 Å². The summed E-state index contributed by atoms with van der Waals surface area (Å²) in [5.41, 5.74) is 5.98. The molecule has 0 saturated heterocycles. The first-order valence-corrected chi connectivity index (χ1v) is 7.07. The van der Waals surface area contributed by atoms with E-state index >= 15 is 0 Å². The maximum Gasteiger partial charge on any atom is 0.258 e. The first-order valence-electron chi connectivity index (χ1n) is 7.07. The summed E-state index contributed by atoms with van der Waals surface area (Å²) in [6, 6.07) is 14.5. The fourth-order valence-corrected chi connectivity index (χ4v) is 2.02. The molecule has 0 spiro atoms. The fourth-order valence-electron chi connectivity index (χ4n) is 2.02. The lowest BCUT2D eigenvalue weighted by Gasteiger charge is -2.12. The molecule has 1 aromatic heterocycles. The Kier molecular flexibility index (Phi) is 4.05. The number of rotatable bonds is 5. The maximum atomic E-state index is 11.0. The Hall–Kier alpha value is -3.15. The Morgan fingerprint density at radius 1 is 1.04 bits per heavy atom. The molecular weight excluding hydrogens is 294 g/mol. The third-order valence-electron chi connectivity index (χ3n) is 3.26. The summed E-state index contributed by atoms with van der Waals surface area (Å²) >= 11 is 0. The van der Waals surface area contributed by atoms with E-state index < -0.39 is 12.0 Å². The predicted octanol–water partition coefficient (Wildman–Crippen LogP) is 2.67. The molecule has 0 aliphatic carbocycles. The second-order valence-corrected chi connectivity index (χ2v) is 4.93. The van der Waals surface area contributed by atoms with Crippen molar-refractivity contribution in [2.75, 3.05) is 0 Å². The first-order chi connectivity index (χ1) is 11.1. The molecule has 2 aromatic carbocycles. The molecule has 2 N–H and O–H groups in total. The largest absolute Gasteiger partial charge is 0.481 e. The third kappa shape index (κ3) is 3.37. The topological polar surface area (TPSA) is 87.3 Å². The minimum Gasteiger partial charge on any atom is -0.481 e. The van der Waals surface area contributed by atoms with E-state index in [2.05, 4.69) is 9.97 Å². The molecule has 6 heteroatoms. The number of amides is 1. The normalized spacial score (nSPS) is 11.9. The summed E-state index contributed by atoms with van der Waals surface area (Å²) in [6.45, 7) is 1.60. The van der Waals surface area contributed by atoms with Crippen molar-refractivity contribution >= 4 is 16.8 Å². The Morgan fingerprint density at radius 2 is 1.74 bits per heavy atom. The number of fused-ring (bicyclic) bond motifs is 1. The summed E-state index contributed by atoms with van der Waals surface area (Å²) in [7, 11) is 0. The van der Waals surface area contributed by atoms with Crippen molar-refractivity contribution < 1.29 is 14.3 Å². The van der Waals surface area contributed by atoms with Crippen LogP contribution in [0.15, 0.2) is 54.9 Å². The van der Waals surface area contributed by atoms with E-state index in [1.165, 1.54) is 6.33 Å². The highest BCUT2D eigenvalue weighted by atomic mass is 16.5. The standard InChI is InChI=1S/C17H15N3O3/c1-11(16(18)21)22-12-6-8-13(9-7-12)23-17-14-4-2-3-5-15(14)19-10-20-17/h2-11H,1H3,(H2,18,21). The van der Waals surface area contributed by atoms with Crippen LogP contribution >= 0.6 is 0 Å². The number of benzene rings is 2. The molecule has 6 nitrogen and oxygen atoms in total. The van der Waals surface area contributed by atoms with E-state index in [9.17, 15) is 4.79 Å². The molecule has 1 heterocycles. The number of hydrogen-bond donors (Lipinski definition) is 1. The number of primary amides is 1. The molecule has 0 aliphatic heterocycles. The minimum absolute atomic E-state index is 0.481. The van der Waals surface area contributed by atoms with Crippen LogP contribution in [0.4, 0.5) is 0 Å². The number of carbonyl (C=O) groups excluding carboxylic acids is 1. The Bertz CT molecular complexity index is 829. The number of hydrogen-bond acceptors (Lipinski definition) is 5. The van der Waals surface area contributed by atoms with Crippen LogP contribution in [0.1, 0.15) is 6.92 Å². The average molecular weight is 309 g/mol. The Morgan fingerprint density at radius 3 is 2.48 bits per heavy atom. The van der Waals surface area contributed by atoms with Gasteiger partial charge in [-0.2, -0.15) is 0 Å². The zero-order chi connectivity index (χ0) is 16.2. The summed E-state index contributed by atoms with van der Waals surface area (Å²) in [5, 5.41) is 0.831. The van der Waals surface area contributed by atoms with Crippen molar-refractivity contribution in [2.24, 2.45) is 5.73 Å². The zero-order valence-corrected chi connectivity index (χ0v) is 12.5. The SMILES string of the molecule is CC(Oc1ccc(Oc2ncnc3ccccc23)cc1)C(N)=O. The molecule has 0 fully saturated rings. The number of nitrogens with two attached hydrogens (primary N) is 1. The number of carbonyl (C=O) groups is 1. The molecule has 0 bridgehead atoms. The smallest absolute Gasteiger partial charge is 0.258 e.